The van der Waals surface area contributed by atoms with Gasteiger partial charge in [-0.05, 0) is 57.2 Å². The summed E-state index contributed by atoms with van der Waals surface area (Å²) in [5, 5.41) is 10.3. The molecule has 0 aromatic heterocycles. The highest BCUT2D eigenvalue weighted by atomic mass is 79.9. The Bertz CT molecular complexity index is 606. The van der Waals surface area contributed by atoms with Crippen molar-refractivity contribution < 1.29 is 14.6 Å². The predicted octanol–water partition coefficient (Wildman–Crippen LogP) is 4.66. The van der Waals surface area contributed by atoms with Crippen LogP contribution in [0.15, 0.2) is 28.7 Å². The molecule has 1 aliphatic heterocycles. The van der Waals surface area contributed by atoms with Gasteiger partial charge in [-0.3, -0.25) is 0 Å². The van der Waals surface area contributed by atoms with Crippen LogP contribution in [-0.4, -0.2) is 33.8 Å². The number of cyclic esters (lactones) is 1. The number of hydrogen-bond donors (Lipinski definition) is 1. The SMILES string of the molecule is C[C@@H](c1ccc(Br)cc1)N1CCC(CC(C)(C)O)(C2CC2)OC1=O. The van der Waals surface area contributed by atoms with E-state index in [4.69, 9.17) is 4.74 Å². The minimum absolute atomic E-state index is 0.0232. The molecule has 0 bridgehead atoms. The van der Waals surface area contributed by atoms with Crippen molar-refractivity contribution in [3.05, 3.63) is 34.3 Å². The molecule has 2 fully saturated rings. The average Bonchev–Trinajstić information content (AvgIpc) is 3.31. The van der Waals surface area contributed by atoms with E-state index in [1.807, 2.05) is 31.2 Å². The number of amides is 1. The van der Waals surface area contributed by atoms with Crippen LogP contribution in [0.4, 0.5) is 4.79 Å². The van der Waals surface area contributed by atoms with Crippen LogP contribution in [0.5, 0.6) is 0 Å². The van der Waals surface area contributed by atoms with Gasteiger partial charge in [0.2, 0.25) is 0 Å². The Labute approximate surface area is 152 Å². The summed E-state index contributed by atoms with van der Waals surface area (Å²) in [7, 11) is 0. The second-order valence-electron chi connectivity index (χ2n) is 7.87. The van der Waals surface area contributed by atoms with Crippen molar-refractivity contribution in [2.24, 2.45) is 5.92 Å². The van der Waals surface area contributed by atoms with Crippen molar-refractivity contribution >= 4 is 22.0 Å². The minimum atomic E-state index is -0.831. The molecule has 0 spiro atoms. The maximum Gasteiger partial charge on any atom is 0.410 e. The highest BCUT2D eigenvalue weighted by Gasteiger charge is 2.53. The van der Waals surface area contributed by atoms with E-state index in [2.05, 4.69) is 15.9 Å². The second kappa shape index (κ2) is 6.34. The smallest absolute Gasteiger partial charge is 0.410 e. The number of benzene rings is 1. The lowest BCUT2D eigenvalue weighted by molar-refractivity contribution is -0.108. The summed E-state index contributed by atoms with van der Waals surface area (Å²) in [4.78, 5) is 14.5. The maximum absolute atomic E-state index is 12.7. The Kier molecular flexibility index (Phi) is 4.69. The fourth-order valence-electron chi connectivity index (χ4n) is 3.86. The van der Waals surface area contributed by atoms with Gasteiger partial charge in [0.05, 0.1) is 11.6 Å². The van der Waals surface area contributed by atoms with Crippen molar-refractivity contribution in [1.29, 1.82) is 0 Å². The lowest BCUT2D eigenvalue weighted by Crippen LogP contribution is -2.54. The molecule has 1 aromatic carbocycles. The van der Waals surface area contributed by atoms with Gasteiger partial charge >= 0.3 is 6.09 Å². The standard InChI is InChI=1S/C19H26BrNO3/c1-13(14-4-8-16(20)9-5-14)21-11-10-19(15-6-7-15,24-17(21)22)12-18(2,3)23/h4-5,8-9,13,15,23H,6-7,10-12H2,1-3H3/t13-,19?/m0/s1. The predicted molar refractivity (Wildman–Crippen MR) is 96.7 cm³/mol. The zero-order chi connectivity index (χ0) is 17.5. The number of hydrogen-bond acceptors (Lipinski definition) is 3. The van der Waals surface area contributed by atoms with Crippen LogP contribution in [0.3, 0.4) is 0 Å². The molecule has 4 nitrogen and oxygen atoms in total. The van der Waals surface area contributed by atoms with Gasteiger partial charge in [0.15, 0.2) is 0 Å². The van der Waals surface area contributed by atoms with Gasteiger partial charge in [0.25, 0.3) is 0 Å². The molecule has 0 radical (unpaired) electrons. The summed E-state index contributed by atoms with van der Waals surface area (Å²) in [6.45, 7) is 6.29. The Hall–Kier alpha value is -1.07. The number of nitrogens with zero attached hydrogens (tertiary/aromatic N) is 1. The Morgan fingerprint density at radius 3 is 2.50 bits per heavy atom. The molecular formula is C19H26BrNO3. The molecule has 3 rings (SSSR count). The number of carbonyl (C=O) groups is 1. The van der Waals surface area contributed by atoms with Crippen LogP contribution in [0.2, 0.25) is 0 Å². The van der Waals surface area contributed by atoms with E-state index in [-0.39, 0.29) is 12.1 Å². The van der Waals surface area contributed by atoms with Crippen molar-refractivity contribution in [1.82, 2.24) is 4.90 Å². The summed E-state index contributed by atoms with van der Waals surface area (Å²) in [6, 6.07) is 8.02. The number of aliphatic hydroxyl groups is 1. The third-order valence-electron chi connectivity index (χ3n) is 5.17. The van der Waals surface area contributed by atoms with Crippen molar-refractivity contribution in [3.63, 3.8) is 0 Å². The molecule has 1 amide bonds. The zero-order valence-corrected chi connectivity index (χ0v) is 16.2. The average molecular weight is 396 g/mol. The quantitative estimate of drug-likeness (QED) is 0.788. The van der Waals surface area contributed by atoms with Gasteiger partial charge in [-0.15, -0.1) is 0 Å². The van der Waals surface area contributed by atoms with Gasteiger partial charge in [-0.25, -0.2) is 4.79 Å². The number of carbonyl (C=O) groups excluding carboxylic acids is 1. The van der Waals surface area contributed by atoms with Gasteiger partial charge in [0, 0.05) is 23.9 Å². The normalized spacial score (nSPS) is 26.2. The fraction of sp³-hybridized carbons (Fsp3) is 0.632. The highest BCUT2D eigenvalue weighted by Crippen LogP contribution is 2.50. The first-order chi connectivity index (χ1) is 11.2. The Morgan fingerprint density at radius 2 is 2.00 bits per heavy atom. The van der Waals surface area contributed by atoms with Crippen molar-refractivity contribution in [3.8, 4) is 0 Å². The minimum Gasteiger partial charge on any atom is -0.442 e. The fourth-order valence-corrected chi connectivity index (χ4v) is 4.12. The van der Waals surface area contributed by atoms with Gasteiger partial charge in [-0.1, -0.05) is 28.1 Å². The molecule has 5 heteroatoms. The van der Waals surface area contributed by atoms with E-state index in [0.717, 1.165) is 29.3 Å². The van der Waals surface area contributed by atoms with E-state index in [0.29, 0.717) is 18.9 Å². The Balaban J connectivity index is 1.74. The molecule has 132 valence electrons. The van der Waals surface area contributed by atoms with Gasteiger partial charge in [-0.2, -0.15) is 0 Å². The molecule has 1 saturated carbocycles. The van der Waals surface area contributed by atoms with Crippen LogP contribution >= 0.6 is 15.9 Å². The van der Waals surface area contributed by atoms with E-state index in [1.54, 1.807) is 18.7 Å². The molecule has 2 aliphatic rings. The molecule has 1 heterocycles. The summed E-state index contributed by atoms with van der Waals surface area (Å²) in [5.74, 6) is 0.401. The van der Waals surface area contributed by atoms with Crippen LogP contribution < -0.4 is 0 Å². The monoisotopic (exact) mass is 395 g/mol. The third kappa shape index (κ3) is 3.77. The number of ether oxygens (including phenoxy) is 1. The number of rotatable bonds is 5. The maximum atomic E-state index is 12.7. The van der Waals surface area contributed by atoms with Gasteiger partial charge in [0.1, 0.15) is 5.60 Å². The number of halogens is 1. The van der Waals surface area contributed by atoms with Crippen molar-refractivity contribution in [2.45, 2.75) is 63.7 Å². The van der Waals surface area contributed by atoms with E-state index >= 15 is 0 Å². The molecule has 2 atom stereocenters. The molecule has 1 saturated heterocycles. The summed E-state index contributed by atoms with van der Waals surface area (Å²) >= 11 is 3.44. The van der Waals surface area contributed by atoms with Crippen LogP contribution in [0.25, 0.3) is 0 Å². The second-order valence-corrected chi connectivity index (χ2v) is 8.78. The first kappa shape index (κ1) is 17.7. The summed E-state index contributed by atoms with van der Waals surface area (Å²) in [5.41, 5.74) is -0.232. The molecule has 1 N–H and O–H groups in total. The topological polar surface area (TPSA) is 49.8 Å². The van der Waals surface area contributed by atoms with E-state index < -0.39 is 11.2 Å². The summed E-state index contributed by atoms with van der Waals surface area (Å²) < 4.78 is 7.00. The van der Waals surface area contributed by atoms with Crippen LogP contribution in [-0.2, 0) is 4.74 Å². The first-order valence-electron chi connectivity index (χ1n) is 8.68. The molecule has 1 unspecified atom stereocenters. The van der Waals surface area contributed by atoms with Crippen molar-refractivity contribution in [2.75, 3.05) is 6.54 Å². The lowest BCUT2D eigenvalue weighted by Gasteiger charge is -2.45. The molecular weight excluding hydrogens is 370 g/mol. The lowest BCUT2D eigenvalue weighted by atomic mass is 9.81. The van der Waals surface area contributed by atoms with E-state index in [9.17, 15) is 9.90 Å². The zero-order valence-electron chi connectivity index (χ0n) is 14.6. The van der Waals surface area contributed by atoms with E-state index in [1.165, 1.54) is 0 Å². The third-order valence-corrected chi connectivity index (χ3v) is 5.70. The molecule has 1 aliphatic carbocycles. The highest BCUT2D eigenvalue weighted by molar-refractivity contribution is 9.10. The van der Waals surface area contributed by atoms with Gasteiger partial charge < -0.3 is 14.7 Å². The first-order valence-corrected chi connectivity index (χ1v) is 9.47. The van der Waals surface area contributed by atoms with Crippen LogP contribution in [0, 0.1) is 5.92 Å². The Morgan fingerprint density at radius 1 is 1.38 bits per heavy atom. The largest absolute Gasteiger partial charge is 0.442 e. The molecule has 24 heavy (non-hydrogen) atoms. The summed E-state index contributed by atoms with van der Waals surface area (Å²) in [6.07, 6.45) is 3.22. The van der Waals surface area contributed by atoms with Crippen LogP contribution in [0.1, 0.15) is 58.1 Å². The molecule has 1 aromatic rings.